The second kappa shape index (κ2) is 5.58. The van der Waals surface area contributed by atoms with E-state index in [0.29, 0.717) is 12.5 Å². The van der Waals surface area contributed by atoms with Crippen LogP contribution in [0.1, 0.15) is 26.2 Å². The summed E-state index contributed by atoms with van der Waals surface area (Å²) in [5, 5.41) is 18.1. The molecule has 13 heavy (non-hydrogen) atoms. The van der Waals surface area contributed by atoms with E-state index >= 15 is 0 Å². The van der Waals surface area contributed by atoms with Gasteiger partial charge in [-0.05, 0) is 31.7 Å². The Morgan fingerprint density at radius 1 is 1.38 bits per heavy atom. The highest BCUT2D eigenvalue weighted by molar-refractivity contribution is 4.76. The van der Waals surface area contributed by atoms with E-state index < -0.39 is 0 Å². The first kappa shape index (κ1) is 11.0. The van der Waals surface area contributed by atoms with Gasteiger partial charge in [-0.25, -0.2) is 0 Å². The molecule has 0 amide bonds. The zero-order valence-electron chi connectivity index (χ0n) is 8.45. The first-order chi connectivity index (χ1) is 6.24. The molecular weight excluding hydrogens is 166 g/mol. The van der Waals surface area contributed by atoms with E-state index in [9.17, 15) is 5.11 Å². The molecule has 1 rings (SSSR count). The molecule has 3 heteroatoms. The van der Waals surface area contributed by atoms with Crippen LogP contribution in [0, 0.1) is 5.92 Å². The van der Waals surface area contributed by atoms with Crippen molar-refractivity contribution >= 4 is 0 Å². The smallest absolute Gasteiger partial charge is 0.0590 e. The van der Waals surface area contributed by atoms with Crippen LogP contribution in [0.3, 0.4) is 0 Å². The lowest BCUT2D eigenvalue weighted by molar-refractivity contribution is 0.0341. The van der Waals surface area contributed by atoms with Crippen molar-refractivity contribution in [2.24, 2.45) is 5.92 Å². The molecule has 0 aromatic heterocycles. The highest BCUT2D eigenvalue weighted by atomic mass is 16.3. The fraction of sp³-hybridized carbons (Fsp3) is 1.00. The van der Waals surface area contributed by atoms with Gasteiger partial charge in [0.25, 0.3) is 0 Å². The summed E-state index contributed by atoms with van der Waals surface area (Å²) in [6.07, 6.45) is 2.77. The highest BCUT2D eigenvalue weighted by Crippen LogP contribution is 2.16. The van der Waals surface area contributed by atoms with Gasteiger partial charge in [-0.15, -0.1) is 0 Å². The molecule has 0 radical (unpaired) electrons. The Balaban J connectivity index is 2.14. The number of unbranched alkanes of at least 4 members (excludes halogenated alkanes) is 1. The summed E-state index contributed by atoms with van der Waals surface area (Å²) in [7, 11) is 0. The van der Waals surface area contributed by atoms with Gasteiger partial charge in [-0.2, -0.15) is 0 Å². The summed E-state index contributed by atoms with van der Waals surface area (Å²) in [4.78, 5) is 2.38. The lowest BCUT2D eigenvalue weighted by atomic mass is 9.96. The second-order valence-corrected chi connectivity index (χ2v) is 4.06. The quantitative estimate of drug-likeness (QED) is 0.628. The molecule has 1 fully saturated rings. The summed E-state index contributed by atoms with van der Waals surface area (Å²) < 4.78 is 0. The van der Waals surface area contributed by atoms with E-state index in [1.807, 2.05) is 0 Å². The fourth-order valence-electron chi connectivity index (χ4n) is 1.87. The van der Waals surface area contributed by atoms with Crippen LogP contribution < -0.4 is 0 Å². The maximum atomic E-state index is 9.50. The summed E-state index contributed by atoms with van der Waals surface area (Å²) >= 11 is 0. The van der Waals surface area contributed by atoms with Crippen molar-refractivity contribution in [2.75, 3.05) is 26.2 Å². The van der Waals surface area contributed by atoms with Gasteiger partial charge in [0.1, 0.15) is 0 Å². The first-order valence-corrected chi connectivity index (χ1v) is 5.25. The third kappa shape index (κ3) is 3.63. The summed E-state index contributed by atoms with van der Waals surface area (Å²) in [6, 6.07) is 0. The Kier molecular flexibility index (Phi) is 4.70. The number of aliphatic hydroxyl groups excluding tert-OH is 2. The minimum absolute atomic E-state index is 0.103. The zero-order chi connectivity index (χ0) is 9.68. The maximum absolute atomic E-state index is 9.50. The van der Waals surface area contributed by atoms with Crippen LogP contribution in [-0.2, 0) is 0 Å². The summed E-state index contributed by atoms with van der Waals surface area (Å²) in [6.45, 7) is 5.48. The van der Waals surface area contributed by atoms with E-state index in [2.05, 4.69) is 11.8 Å². The average molecular weight is 187 g/mol. The molecule has 1 aliphatic rings. The Morgan fingerprint density at radius 3 is 2.77 bits per heavy atom. The molecule has 1 heterocycles. The van der Waals surface area contributed by atoms with Gasteiger partial charge in [0.05, 0.1) is 6.10 Å². The number of rotatable bonds is 4. The van der Waals surface area contributed by atoms with Crippen LogP contribution in [0.2, 0.25) is 0 Å². The molecule has 0 spiro atoms. The average Bonchev–Trinajstić information content (AvgIpc) is 2.12. The predicted octanol–water partition coefficient (Wildman–Crippen LogP) is 0.462. The number of nitrogens with zero attached hydrogens (tertiary/aromatic N) is 1. The summed E-state index contributed by atoms with van der Waals surface area (Å²) in [5.41, 5.74) is 0. The SMILES string of the molecule is CC1CN(CCCCO)CCC1O. The second-order valence-electron chi connectivity index (χ2n) is 4.06. The molecule has 0 bridgehead atoms. The molecule has 3 nitrogen and oxygen atoms in total. The topological polar surface area (TPSA) is 43.7 Å². The molecule has 0 aromatic carbocycles. The van der Waals surface area contributed by atoms with Crippen molar-refractivity contribution < 1.29 is 10.2 Å². The van der Waals surface area contributed by atoms with E-state index in [1.165, 1.54) is 0 Å². The Bertz CT molecular complexity index is 141. The molecule has 2 atom stereocenters. The van der Waals surface area contributed by atoms with Crippen molar-refractivity contribution in [2.45, 2.75) is 32.3 Å². The van der Waals surface area contributed by atoms with Gasteiger partial charge in [-0.1, -0.05) is 6.92 Å². The third-order valence-electron chi connectivity index (χ3n) is 2.83. The number of hydrogen-bond donors (Lipinski definition) is 2. The number of hydrogen-bond acceptors (Lipinski definition) is 3. The lowest BCUT2D eigenvalue weighted by Crippen LogP contribution is -2.42. The van der Waals surface area contributed by atoms with Gasteiger partial charge in [0, 0.05) is 19.7 Å². The Morgan fingerprint density at radius 2 is 2.15 bits per heavy atom. The van der Waals surface area contributed by atoms with E-state index in [0.717, 1.165) is 38.9 Å². The molecule has 1 saturated heterocycles. The number of aliphatic hydroxyl groups is 2. The summed E-state index contributed by atoms with van der Waals surface area (Å²) in [5.74, 6) is 0.405. The normalized spacial score (nSPS) is 30.7. The van der Waals surface area contributed by atoms with E-state index in [4.69, 9.17) is 5.11 Å². The lowest BCUT2D eigenvalue weighted by Gasteiger charge is -2.34. The van der Waals surface area contributed by atoms with Crippen LogP contribution >= 0.6 is 0 Å². The van der Waals surface area contributed by atoms with Gasteiger partial charge in [-0.3, -0.25) is 0 Å². The van der Waals surface area contributed by atoms with E-state index in [1.54, 1.807) is 0 Å². The molecule has 0 aromatic rings. The molecule has 0 aliphatic carbocycles. The molecular formula is C10H21NO2. The van der Waals surface area contributed by atoms with Crippen molar-refractivity contribution in [1.82, 2.24) is 4.90 Å². The Hall–Kier alpha value is -0.120. The van der Waals surface area contributed by atoms with Gasteiger partial charge < -0.3 is 15.1 Å². The minimum atomic E-state index is -0.103. The Labute approximate surface area is 80.4 Å². The van der Waals surface area contributed by atoms with Crippen molar-refractivity contribution in [1.29, 1.82) is 0 Å². The number of piperidine rings is 1. The number of likely N-dealkylation sites (tertiary alicyclic amines) is 1. The zero-order valence-corrected chi connectivity index (χ0v) is 8.45. The van der Waals surface area contributed by atoms with Gasteiger partial charge >= 0.3 is 0 Å². The molecule has 0 saturated carbocycles. The van der Waals surface area contributed by atoms with Crippen LogP contribution in [0.15, 0.2) is 0 Å². The monoisotopic (exact) mass is 187 g/mol. The van der Waals surface area contributed by atoms with Gasteiger partial charge in [0.2, 0.25) is 0 Å². The maximum Gasteiger partial charge on any atom is 0.0590 e. The third-order valence-corrected chi connectivity index (χ3v) is 2.83. The van der Waals surface area contributed by atoms with E-state index in [-0.39, 0.29) is 6.10 Å². The molecule has 78 valence electrons. The van der Waals surface area contributed by atoms with Crippen molar-refractivity contribution in [3.8, 4) is 0 Å². The first-order valence-electron chi connectivity index (χ1n) is 5.25. The largest absolute Gasteiger partial charge is 0.396 e. The van der Waals surface area contributed by atoms with Crippen LogP contribution in [-0.4, -0.2) is 47.5 Å². The van der Waals surface area contributed by atoms with Crippen molar-refractivity contribution in [3.63, 3.8) is 0 Å². The van der Waals surface area contributed by atoms with Crippen molar-refractivity contribution in [3.05, 3.63) is 0 Å². The highest BCUT2D eigenvalue weighted by Gasteiger charge is 2.23. The molecule has 2 unspecified atom stereocenters. The standard InChI is InChI=1S/C10H21NO2/c1-9-8-11(5-2-3-7-12)6-4-10(9)13/h9-10,12-13H,2-8H2,1H3. The van der Waals surface area contributed by atoms with Crippen LogP contribution in [0.4, 0.5) is 0 Å². The predicted molar refractivity (Wildman–Crippen MR) is 52.5 cm³/mol. The fourth-order valence-corrected chi connectivity index (χ4v) is 1.87. The minimum Gasteiger partial charge on any atom is -0.396 e. The van der Waals surface area contributed by atoms with Gasteiger partial charge in [0.15, 0.2) is 0 Å². The van der Waals surface area contributed by atoms with Crippen LogP contribution in [0.25, 0.3) is 0 Å². The molecule has 1 aliphatic heterocycles. The molecule has 2 N–H and O–H groups in total. The van der Waals surface area contributed by atoms with Crippen LogP contribution in [0.5, 0.6) is 0 Å².